The standard InChI is InChI=1S/C18H22N4O2S/c1-3-4-10-20-17-15-9-11-22(18(15)21-12-16(17)19)25(23,24)14-7-5-13(2)6-8-14/h5-9,11-12H,3-4,10,19H2,1-2H3,(H,20,21). The Labute approximate surface area is 147 Å². The van der Waals surface area contributed by atoms with Gasteiger partial charge in [-0.1, -0.05) is 31.0 Å². The van der Waals surface area contributed by atoms with Gasteiger partial charge in [0.2, 0.25) is 0 Å². The fraction of sp³-hybridized carbons (Fsp3) is 0.278. The molecule has 0 unspecified atom stereocenters. The summed E-state index contributed by atoms with van der Waals surface area (Å²) < 4.78 is 27.1. The molecule has 0 aliphatic heterocycles. The number of rotatable bonds is 6. The minimum Gasteiger partial charge on any atom is -0.396 e. The number of fused-ring (bicyclic) bond motifs is 1. The van der Waals surface area contributed by atoms with Gasteiger partial charge in [0.1, 0.15) is 0 Å². The van der Waals surface area contributed by atoms with Gasteiger partial charge in [-0.05, 0) is 31.5 Å². The Morgan fingerprint density at radius 2 is 1.92 bits per heavy atom. The molecule has 0 aliphatic carbocycles. The van der Waals surface area contributed by atoms with Crippen LogP contribution in [-0.2, 0) is 10.0 Å². The first-order valence-electron chi connectivity index (χ1n) is 8.27. The van der Waals surface area contributed by atoms with E-state index in [4.69, 9.17) is 5.73 Å². The Balaban J connectivity index is 2.09. The van der Waals surface area contributed by atoms with Crippen molar-refractivity contribution in [1.82, 2.24) is 8.96 Å². The van der Waals surface area contributed by atoms with E-state index in [1.165, 1.54) is 16.4 Å². The molecule has 0 amide bonds. The summed E-state index contributed by atoms with van der Waals surface area (Å²) >= 11 is 0. The Kier molecular flexibility index (Phi) is 4.67. The van der Waals surface area contributed by atoms with Crippen LogP contribution in [0.15, 0.2) is 47.6 Å². The first-order chi connectivity index (χ1) is 11.9. The van der Waals surface area contributed by atoms with Crippen molar-refractivity contribution in [3.8, 4) is 0 Å². The van der Waals surface area contributed by atoms with Gasteiger partial charge >= 0.3 is 0 Å². The quantitative estimate of drug-likeness (QED) is 0.659. The van der Waals surface area contributed by atoms with Crippen LogP contribution in [0.2, 0.25) is 0 Å². The zero-order chi connectivity index (χ0) is 18.0. The average Bonchev–Trinajstić information content (AvgIpc) is 3.02. The molecule has 25 heavy (non-hydrogen) atoms. The summed E-state index contributed by atoms with van der Waals surface area (Å²) in [4.78, 5) is 4.49. The maximum Gasteiger partial charge on any atom is 0.269 e. The summed E-state index contributed by atoms with van der Waals surface area (Å²) in [6.45, 7) is 4.80. The van der Waals surface area contributed by atoms with Gasteiger partial charge in [-0.15, -0.1) is 0 Å². The van der Waals surface area contributed by atoms with Gasteiger partial charge in [0.25, 0.3) is 10.0 Å². The second kappa shape index (κ2) is 6.76. The van der Waals surface area contributed by atoms with Gasteiger partial charge in [-0.25, -0.2) is 17.4 Å². The van der Waals surface area contributed by atoms with Crippen LogP contribution in [0.5, 0.6) is 0 Å². The monoisotopic (exact) mass is 358 g/mol. The Morgan fingerprint density at radius 3 is 2.60 bits per heavy atom. The predicted molar refractivity (Wildman–Crippen MR) is 101 cm³/mol. The molecule has 2 aromatic heterocycles. The third-order valence-corrected chi connectivity index (χ3v) is 5.80. The number of hydrogen-bond donors (Lipinski definition) is 2. The smallest absolute Gasteiger partial charge is 0.269 e. The normalized spacial score (nSPS) is 11.8. The summed E-state index contributed by atoms with van der Waals surface area (Å²) in [5, 5.41) is 4.00. The molecule has 1 aromatic carbocycles. The van der Waals surface area contributed by atoms with Gasteiger partial charge < -0.3 is 11.1 Å². The highest BCUT2D eigenvalue weighted by Crippen LogP contribution is 2.30. The van der Waals surface area contributed by atoms with Crippen LogP contribution in [0.25, 0.3) is 11.0 Å². The molecule has 0 fully saturated rings. The molecule has 0 atom stereocenters. The Morgan fingerprint density at radius 1 is 1.20 bits per heavy atom. The van der Waals surface area contributed by atoms with Crippen LogP contribution >= 0.6 is 0 Å². The molecule has 6 nitrogen and oxygen atoms in total. The van der Waals surface area contributed by atoms with E-state index in [0.29, 0.717) is 16.7 Å². The summed E-state index contributed by atoms with van der Waals surface area (Å²) in [5.41, 5.74) is 8.65. The van der Waals surface area contributed by atoms with E-state index in [1.54, 1.807) is 30.3 Å². The molecule has 3 rings (SSSR count). The number of anilines is 2. The fourth-order valence-corrected chi connectivity index (χ4v) is 3.99. The summed E-state index contributed by atoms with van der Waals surface area (Å²) in [6, 6.07) is 8.50. The summed E-state index contributed by atoms with van der Waals surface area (Å²) in [5.74, 6) is 0. The van der Waals surface area contributed by atoms with Crippen molar-refractivity contribution in [1.29, 1.82) is 0 Å². The number of hydrogen-bond acceptors (Lipinski definition) is 5. The number of nitrogen functional groups attached to an aromatic ring is 1. The molecule has 0 spiro atoms. The van der Waals surface area contributed by atoms with Crippen molar-refractivity contribution in [2.24, 2.45) is 0 Å². The first kappa shape index (κ1) is 17.3. The van der Waals surface area contributed by atoms with E-state index >= 15 is 0 Å². The number of nitrogens with zero attached hydrogens (tertiary/aromatic N) is 2. The van der Waals surface area contributed by atoms with Crippen LogP contribution in [0, 0.1) is 6.92 Å². The fourth-order valence-electron chi connectivity index (χ4n) is 2.68. The van der Waals surface area contributed by atoms with Gasteiger partial charge in [0.05, 0.1) is 22.5 Å². The molecule has 3 N–H and O–H groups in total. The van der Waals surface area contributed by atoms with Crippen LogP contribution in [0.3, 0.4) is 0 Å². The topological polar surface area (TPSA) is 90.0 Å². The number of nitrogens with two attached hydrogens (primary N) is 1. The van der Waals surface area contributed by atoms with Crippen LogP contribution in [0.4, 0.5) is 11.4 Å². The van der Waals surface area contributed by atoms with Crippen molar-refractivity contribution in [2.75, 3.05) is 17.6 Å². The SMILES string of the molecule is CCCCNc1c(N)cnc2c1ccn2S(=O)(=O)c1ccc(C)cc1. The van der Waals surface area contributed by atoms with E-state index in [9.17, 15) is 8.42 Å². The lowest BCUT2D eigenvalue weighted by atomic mass is 10.2. The molecular weight excluding hydrogens is 336 g/mol. The van der Waals surface area contributed by atoms with Gasteiger partial charge in [-0.3, -0.25) is 0 Å². The third-order valence-electron chi connectivity index (χ3n) is 4.12. The average molecular weight is 358 g/mol. The first-order valence-corrected chi connectivity index (χ1v) is 9.71. The van der Waals surface area contributed by atoms with Crippen LogP contribution in [-0.4, -0.2) is 23.9 Å². The largest absolute Gasteiger partial charge is 0.396 e. The second-order valence-corrected chi connectivity index (χ2v) is 7.85. The maximum absolute atomic E-state index is 12.9. The molecule has 0 saturated carbocycles. The molecular formula is C18H22N4O2S. The number of aryl methyl sites for hydroxylation is 1. The molecule has 132 valence electrons. The Hall–Kier alpha value is -2.54. The number of pyridine rings is 1. The zero-order valence-electron chi connectivity index (χ0n) is 14.4. The van der Waals surface area contributed by atoms with Gasteiger partial charge in [-0.2, -0.15) is 0 Å². The van der Waals surface area contributed by atoms with Crippen LogP contribution < -0.4 is 11.1 Å². The molecule has 2 heterocycles. The van der Waals surface area contributed by atoms with E-state index in [0.717, 1.165) is 30.6 Å². The van der Waals surface area contributed by atoms with Gasteiger partial charge in [0.15, 0.2) is 5.65 Å². The molecule has 3 aromatic rings. The van der Waals surface area contributed by atoms with Crippen molar-refractivity contribution in [3.63, 3.8) is 0 Å². The number of nitrogens with one attached hydrogen (secondary N) is 1. The summed E-state index contributed by atoms with van der Waals surface area (Å²) in [7, 11) is -3.71. The molecule has 0 radical (unpaired) electrons. The molecule has 7 heteroatoms. The lowest BCUT2D eigenvalue weighted by Crippen LogP contribution is -2.13. The van der Waals surface area contributed by atoms with Crippen molar-refractivity contribution >= 4 is 32.4 Å². The van der Waals surface area contributed by atoms with E-state index in [2.05, 4.69) is 17.2 Å². The maximum atomic E-state index is 12.9. The summed E-state index contributed by atoms with van der Waals surface area (Å²) in [6.07, 6.45) is 5.09. The lowest BCUT2D eigenvalue weighted by Gasteiger charge is -2.11. The van der Waals surface area contributed by atoms with E-state index in [1.807, 2.05) is 6.92 Å². The number of benzene rings is 1. The zero-order valence-corrected chi connectivity index (χ0v) is 15.2. The number of unbranched alkanes of at least 4 members (excludes halogenated alkanes) is 1. The second-order valence-electron chi connectivity index (χ2n) is 6.04. The number of aromatic nitrogens is 2. The van der Waals surface area contributed by atoms with E-state index < -0.39 is 10.0 Å². The highest BCUT2D eigenvalue weighted by molar-refractivity contribution is 7.90. The third kappa shape index (κ3) is 3.19. The van der Waals surface area contributed by atoms with Crippen molar-refractivity contribution in [3.05, 3.63) is 48.3 Å². The molecule has 0 saturated heterocycles. The highest BCUT2D eigenvalue weighted by atomic mass is 32.2. The van der Waals surface area contributed by atoms with Crippen molar-refractivity contribution < 1.29 is 8.42 Å². The van der Waals surface area contributed by atoms with Gasteiger partial charge in [0, 0.05) is 18.1 Å². The highest BCUT2D eigenvalue weighted by Gasteiger charge is 2.21. The minimum absolute atomic E-state index is 0.231. The minimum atomic E-state index is -3.71. The molecule has 0 aliphatic rings. The predicted octanol–water partition coefficient (Wildman–Crippen LogP) is 3.38. The lowest BCUT2D eigenvalue weighted by molar-refractivity contribution is 0.588. The van der Waals surface area contributed by atoms with Crippen LogP contribution in [0.1, 0.15) is 25.3 Å². The van der Waals surface area contributed by atoms with Crippen molar-refractivity contribution in [2.45, 2.75) is 31.6 Å². The Bertz CT molecular complexity index is 992. The van der Waals surface area contributed by atoms with E-state index in [-0.39, 0.29) is 4.90 Å². The molecule has 0 bridgehead atoms.